The van der Waals surface area contributed by atoms with Gasteiger partial charge in [-0.1, -0.05) is 0 Å². The summed E-state index contributed by atoms with van der Waals surface area (Å²) in [6.07, 6.45) is 0. The normalized spacial score (nSPS) is 14.8. The number of hydrogen-bond donors (Lipinski definition) is 0. The van der Waals surface area contributed by atoms with Gasteiger partial charge in [-0.2, -0.15) is 0 Å². The number of halogens is 1. The Morgan fingerprint density at radius 1 is 1.32 bits per heavy atom. The molecule has 0 aliphatic carbocycles. The molecule has 0 aliphatic heterocycles. The zero-order chi connectivity index (χ0) is 14.0. The molecule has 0 spiro atoms. The van der Waals surface area contributed by atoms with Crippen molar-refractivity contribution in [1.29, 1.82) is 0 Å². The first kappa shape index (κ1) is 14.3. The van der Waals surface area contributed by atoms with Gasteiger partial charge in [-0.15, -0.1) is 11.6 Å². The van der Waals surface area contributed by atoms with E-state index in [1.807, 2.05) is 32.9 Å². The molecular formula is C14H20ClN3O. The number of aryl methyl sites for hydroxylation is 1. The summed E-state index contributed by atoms with van der Waals surface area (Å²) < 4.78 is 7.61. The van der Waals surface area contributed by atoms with Gasteiger partial charge in [0.1, 0.15) is 11.3 Å². The molecule has 19 heavy (non-hydrogen) atoms. The van der Waals surface area contributed by atoms with Gasteiger partial charge < -0.3 is 9.30 Å². The number of ether oxygens (including phenoxy) is 1. The molecule has 104 valence electrons. The maximum absolute atomic E-state index is 6.25. The number of imidazole rings is 1. The van der Waals surface area contributed by atoms with Crippen molar-refractivity contribution < 1.29 is 4.74 Å². The molecule has 4 nitrogen and oxygen atoms in total. The molecule has 0 saturated carbocycles. The number of alkyl halides is 1. The second-order valence-corrected chi connectivity index (χ2v) is 5.41. The molecule has 0 saturated heterocycles. The summed E-state index contributed by atoms with van der Waals surface area (Å²) in [5.74, 6) is 0.849. The Morgan fingerprint density at radius 2 is 2.05 bits per heavy atom. The van der Waals surface area contributed by atoms with Crippen molar-refractivity contribution in [2.45, 2.75) is 39.1 Å². The Balaban J connectivity index is 2.53. The maximum atomic E-state index is 6.25. The van der Waals surface area contributed by atoms with Crippen LogP contribution in [0.5, 0.6) is 0 Å². The minimum atomic E-state index is -0.154. The van der Waals surface area contributed by atoms with E-state index in [1.165, 1.54) is 0 Å². The molecular weight excluding hydrogens is 262 g/mol. The summed E-state index contributed by atoms with van der Waals surface area (Å²) in [5, 5.41) is -0.154. The standard InChI is InChI=1S/C14H20ClN3O/c1-5-19-8-10(3)18-13(11(4)15)17-12-7-6-9(2)16-14(12)18/h6-7,10-11H,5,8H2,1-4H3. The van der Waals surface area contributed by atoms with Crippen LogP contribution in [0, 0.1) is 6.92 Å². The van der Waals surface area contributed by atoms with E-state index in [1.54, 1.807) is 0 Å². The summed E-state index contributed by atoms with van der Waals surface area (Å²) in [6.45, 7) is 9.34. The summed E-state index contributed by atoms with van der Waals surface area (Å²) in [6, 6.07) is 4.12. The fourth-order valence-electron chi connectivity index (χ4n) is 2.16. The van der Waals surface area contributed by atoms with Gasteiger partial charge >= 0.3 is 0 Å². The third-order valence-corrected chi connectivity index (χ3v) is 3.26. The lowest BCUT2D eigenvalue weighted by Gasteiger charge is -2.17. The van der Waals surface area contributed by atoms with Gasteiger partial charge in [0.05, 0.1) is 18.0 Å². The van der Waals surface area contributed by atoms with Gasteiger partial charge in [0.2, 0.25) is 0 Å². The summed E-state index contributed by atoms with van der Waals surface area (Å²) >= 11 is 6.25. The SMILES string of the molecule is CCOCC(C)n1c(C(C)Cl)nc2ccc(C)nc21. The third-order valence-electron chi connectivity index (χ3n) is 3.06. The summed E-state index contributed by atoms with van der Waals surface area (Å²) in [4.78, 5) is 9.19. The molecule has 0 N–H and O–H groups in total. The average molecular weight is 282 g/mol. The Labute approximate surface area is 118 Å². The Hall–Kier alpha value is -1.13. The molecule has 0 radical (unpaired) electrons. The number of pyridine rings is 1. The van der Waals surface area contributed by atoms with E-state index in [2.05, 4.69) is 21.5 Å². The average Bonchev–Trinajstić information content (AvgIpc) is 2.74. The van der Waals surface area contributed by atoms with E-state index in [9.17, 15) is 0 Å². The Morgan fingerprint density at radius 3 is 2.68 bits per heavy atom. The van der Waals surface area contributed by atoms with Gasteiger partial charge in [-0.25, -0.2) is 9.97 Å². The fraction of sp³-hybridized carbons (Fsp3) is 0.571. The van der Waals surface area contributed by atoms with E-state index in [4.69, 9.17) is 16.3 Å². The molecule has 0 bridgehead atoms. The number of aromatic nitrogens is 3. The van der Waals surface area contributed by atoms with Crippen LogP contribution < -0.4 is 0 Å². The number of hydrogen-bond acceptors (Lipinski definition) is 3. The maximum Gasteiger partial charge on any atom is 0.160 e. The van der Waals surface area contributed by atoms with Crippen molar-refractivity contribution >= 4 is 22.8 Å². The highest BCUT2D eigenvalue weighted by atomic mass is 35.5. The molecule has 5 heteroatoms. The quantitative estimate of drug-likeness (QED) is 0.786. The van der Waals surface area contributed by atoms with E-state index in [0.29, 0.717) is 13.2 Å². The topological polar surface area (TPSA) is 39.9 Å². The minimum Gasteiger partial charge on any atom is -0.380 e. The summed E-state index contributed by atoms with van der Waals surface area (Å²) in [7, 11) is 0. The molecule has 0 amide bonds. The van der Waals surface area contributed by atoms with Crippen LogP contribution in [-0.2, 0) is 4.74 Å². The lowest BCUT2D eigenvalue weighted by atomic mass is 10.3. The first-order valence-corrected chi connectivity index (χ1v) is 7.05. The predicted octanol–water partition coefficient (Wildman–Crippen LogP) is 3.64. The van der Waals surface area contributed by atoms with Crippen molar-refractivity contribution in [2.24, 2.45) is 0 Å². The van der Waals surface area contributed by atoms with Gasteiger partial charge in [0.25, 0.3) is 0 Å². The molecule has 2 aromatic rings. The molecule has 0 aliphatic rings. The highest BCUT2D eigenvalue weighted by Gasteiger charge is 2.20. The molecule has 2 heterocycles. The first-order chi connectivity index (χ1) is 9.04. The summed E-state index contributed by atoms with van der Waals surface area (Å²) in [5.41, 5.74) is 2.75. The Kier molecular flexibility index (Phi) is 4.42. The molecule has 0 fully saturated rings. The van der Waals surface area contributed by atoms with Crippen molar-refractivity contribution in [3.63, 3.8) is 0 Å². The fourth-order valence-corrected chi connectivity index (χ4v) is 2.32. The third kappa shape index (κ3) is 2.90. The van der Waals surface area contributed by atoms with Gasteiger partial charge in [-0.05, 0) is 39.8 Å². The van der Waals surface area contributed by atoms with E-state index in [-0.39, 0.29) is 11.4 Å². The zero-order valence-corrected chi connectivity index (χ0v) is 12.6. The van der Waals surface area contributed by atoms with Crippen LogP contribution in [0.15, 0.2) is 12.1 Å². The van der Waals surface area contributed by atoms with Crippen LogP contribution in [0.1, 0.15) is 43.7 Å². The van der Waals surface area contributed by atoms with Crippen LogP contribution in [0.2, 0.25) is 0 Å². The van der Waals surface area contributed by atoms with Gasteiger partial charge in [0, 0.05) is 12.3 Å². The van der Waals surface area contributed by atoms with Crippen molar-refractivity contribution in [2.75, 3.05) is 13.2 Å². The lowest BCUT2D eigenvalue weighted by Crippen LogP contribution is -2.16. The predicted molar refractivity (Wildman–Crippen MR) is 77.7 cm³/mol. The monoisotopic (exact) mass is 281 g/mol. The highest BCUT2D eigenvalue weighted by Crippen LogP contribution is 2.27. The van der Waals surface area contributed by atoms with Gasteiger partial charge in [-0.3, -0.25) is 0 Å². The van der Waals surface area contributed by atoms with Crippen LogP contribution >= 0.6 is 11.6 Å². The lowest BCUT2D eigenvalue weighted by molar-refractivity contribution is 0.119. The van der Waals surface area contributed by atoms with Crippen molar-refractivity contribution in [3.05, 3.63) is 23.7 Å². The van der Waals surface area contributed by atoms with Gasteiger partial charge in [0.15, 0.2) is 5.65 Å². The van der Waals surface area contributed by atoms with Crippen LogP contribution in [-0.4, -0.2) is 27.7 Å². The van der Waals surface area contributed by atoms with Crippen molar-refractivity contribution in [3.8, 4) is 0 Å². The van der Waals surface area contributed by atoms with E-state index >= 15 is 0 Å². The van der Waals surface area contributed by atoms with E-state index in [0.717, 1.165) is 22.7 Å². The molecule has 2 rings (SSSR count). The molecule has 2 unspecified atom stereocenters. The number of fused-ring (bicyclic) bond motifs is 1. The molecule has 2 aromatic heterocycles. The second-order valence-electron chi connectivity index (χ2n) is 4.76. The zero-order valence-electron chi connectivity index (χ0n) is 11.9. The Bertz CT molecular complexity index is 565. The van der Waals surface area contributed by atoms with E-state index < -0.39 is 0 Å². The highest BCUT2D eigenvalue weighted by molar-refractivity contribution is 6.20. The van der Waals surface area contributed by atoms with Crippen LogP contribution in [0.3, 0.4) is 0 Å². The molecule has 0 aromatic carbocycles. The smallest absolute Gasteiger partial charge is 0.160 e. The first-order valence-electron chi connectivity index (χ1n) is 6.61. The van der Waals surface area contributed by atoms with Crippen molar-refractivity contribution in [1.82, 2.24) is 14.5 Å². The number of rotatable bonds is 5. The molecule has 2 atom stereocenters. The van der Waals surface area contributed by atoms with Crippen LogP contribution in [0.25, 0.3) is 11.2 Å². The van der Waals surface area contributed by atoms with Crippen LogP contribution in [0.4, 0.5) is 0 Å². The minimum absolute atomic E-state index is 0.154. The largest absolute Gasteiger partial charge is 0.380 e. The number of nitrogens with zero attached hydrogens (tertiary/aromatic N) is 3. The second kappa shape index (κ2) is 5.88.